The first kappa shape index (κ1) is 29.2. The summed E-state index contributed by atoms with van der Waals surface area (Å²) in [5, 5.41) is 3.60. The first-order chi connectivity index (χ1) is 20.2. The minimum Gasteiger partial charge on any atom is -0.474 e. The molecule has 2 amide bonds. The van der Waals surface area contributed by atoms with Gasteiger partial charge in [-0.25, -0.2) is 9.97 Å². The number of amides is 2. The van der Waals surface area contributed by atoms with Crippen LogP contribution in [0.25, 0.3) is 6.08 Å². The quantitative estimate of drug-likeness (QED) is 0.292. The molecule has 2 aliphatic rings. The van der Waals surface area contributed by atoms with E-state index in [1.54, 1.807) is 30.3 Å². The van der Waals surface area contributed by atoms with Gasteiger partial charge in [0.25, 0.3) is 11.1 Å². The van der Waals surface area contributed by atoms with Gasteiger partial charge >= 0.3 is 6.01 Å². The van der Waals surface area contributed by atoms with E-state index in [1.165, 1.54) is 13.3 Å². The van der Waals surface area contributed by atoms with Crippen LogP contribution in [0.15, 0.2) is 40.0 Å². The molecule has 1 aromatic carbocycles. The van der Waals surface area contributed by atoms with Crippen LogP contribution in [-0.2, 0) is 16.0 Å². The molecule has 3 aromatic rings. The fourth-order valence-corrected chi connectivity index (χ4v) is 5.41. The van der Waals surface area contributed by atoms with Crippen molar-refractivity contribution in [2.45, 2.75) is 59.0 Å². The number of piperidine rings is 1. The van der Waals surface area contributed by atoms with Crippen molar-refractivity contribution in [1.29, 1.82) is 0 Å². The summed E-state index contributed by atoms with van der Waals surface area (Å²) in [5.41, 5.74) is 1.41. The SMILES string of the molecule is CCc1c(Oc2cccc(C=C3SC(=O)N(CC(C)=O)C3=O)c2)ncnc1OC1CCN(c2nc(C(C)C)no2)CC1. The monoisotopic (exact) mass is 592 g/mol. The minimum absolute atomic E-state index is 0.0385. The second-order valence-electron chi connectivity index (χ2n) is 10.4. The molecule has 2 aromatic heterocycles. The fourth-order valence-electron chi connectivity index (χ4n) is 4.57. The molecule has 0 bridgehead atoms. The Morgan fingerprint density at radius 2 is 1.95 bits per heavy atom. The van der Waals surface area contributed by atoms with Gasteiger partial charge < -0.3 is 18.9 Å². The molecule has 220 valence electrons. The average molecular weight is 593 g/mol. The van der Waals surface area contributed by atoms with Crippen molar-refractivity contribution in [3.8, 4) is 17.5 Å². The van der Waals surface area contributed by atoms with Gasteiger partial charge in [0.15, 0.2) is 5.82 Å². The maximum absolute atomic E-state index is 12.6. The molecule has 0 N–H and O–H groups in total. The number of thioether (sulfide) groups is 1. The number of rotatable bonds is 10. The lowest BCUT2D eigenvalue weighted by atomic mass is 10.1. The van der Waals surface area contributed by atoms with Crippen LogP contribution < -0.4 is 14.4 Å². The zero-order chi connectivity index (χ0) is 29.8. The summed E-state index contributed by atoms with van der Waals surface area (Å²) in [4.78, 5) is 52.8. The van der Waals surface area contributed by atoms with Gasteiger partial charge in [-0.05, 0) is 48.9 Å². The maximum Gasteiger partial charge on any atom is 0.324 e. The number of anilines is 1. The van der Waals surface area contributed by atoms with Gasteiger partial charge in [0.2, 0.25) is 11.8 Å². The summed E-state index contributed by atoms with van der Waals surface area (Å²) in [6.45, 7) is 8.59. The largest absolute Gasteiger partial charge is 0.474 e. The number of ketones is 1. The van der Waals surface area contributed by atoms with Crippen molar-refractivity contribution in [2.75, 3.05) is 24.5 Å². The highest BCUT2D eigenvalue weighted by molar-refractivity contribution is 8.18. The first-order valence-electron chi connectivity index (χ1n) is 13.8. The Morgan fingerprint density at radius 3 is 2.64 bits per heavy atom. The summed E-state index contributed by atoms with van der Waals surface area (Å²) >= 11 is 0.807. The maximum atomic E-state index is 12.6. The van der Waals surface area contributed by atoms with E-state index in [4.69, 9.17) is 14.0 Å². The van der Waals surface area contributed by atoms with Crippen molar-refractivity contribution >= 4 is 40.8 Å². The van der Waals surface area contributed by atoms with Crippen LogP contribution in [-0.4, -0.2) is 67.7 Å². The molecule has 2 saturated heterocycles. The molecule has 0 unspecified atom stereocenters. The van der Waals surface area contributed by atoms with Gasteiger partial charge in [-0.3, -0.25) is 19.3 Å². The van der Waals surface area contributed by atoms with Crippen LogP contribution in [0.3, 0.4) is 0 Å². The Labute approximate surface area is 247 Å². The Morgan fingerprint density at radius 1 is 1.19 bits per heavy atom. The smallest absolute Gasteiger partial charge is 0.324 e. The molecular weight excluding hydrogens is 560 g/mol. The fraction of sp³-hybridized carbons (Fsp3) is 0.414. The van der Waals surface area contributed by atoms with E-state index >= 15 is 0 Å². The lowest BCUT2D eigenvalue weighted by Gasteiger charge is -2.30. The lowest BCUT2D eigenvalue weighted by molar-refractivity contribution is -0.127. The van der Waals surface area contributed by atoms with Crippen molar-refractivity contribution in [2.24, 2.45) is 0 Å². The number of carbonyl (C=O) groups excluding carboxylic acids is 3. The third kappa shape index (κ3) is 6.62. The number of hydrogen-bond acceptors (Lipinski definition) is 12. The number of hydrogen-bond donors (Lipinski definition) is 0. The van der Waals surface area contributed by atoms with Gasteiger partial charge in [0.1, 0.15) is 24.0 Å². The summed E-state index contributed by atoms with van der Waals surface area (Å²) in [5.74, 6) is 1.52. The van der Waals surface area contributed by atoms with Crippen LogP contribution in [0.4, 0.5) is 10.8 Å². The van der Waals surface area contributed by atoms with Crippen molar-refractivity contribution in [1.82, 2.24) is 25.0 Å². The lowest BCUT2D eigenvalue weighted by Crippen LogP contribution is -2.38. The minimum atomic E-state index is -0.486. The highest BCUT2D eigenvalue weighted by Crippen LogP contribution is 2.34. The number of ether oxygens (including phenoxy) is 2. The van der Waals surface area contributed by atoms with Crippen molar-refractivity contribution in [3.05, 3.63) is 52.4 Å². The standard InChI is InChI=1S/C29H32N6O6S/c1-5-22-25(39-20-9-11-34(12-10-20)28-32-24(17(2)3)33-41-28)30-16-31-26(22)40-21-8-6-7-19(13-21)14-23-27(37)35(15-18(4)36)29(38)42-23/h6-8,13-14,16-17,20H,5,9-12,15H2,1-4H3. The summed E-state index contributed by atoms with van der Waals surface area (Å²) in [7, 11) is 0. The van der Waals surface area contributed by atoms with Crippen LogP contribution in [0.2, 0.25) is 0 Å². The van der Waals surface area contributed by atoms with E-state index in [0.717, 1.165) is 48.2 Å². The van der Waals surface area contributed by atoms with E-state index < -0.39 is 11.1 Å². The number of carbonyl (C=O) groups is 3. The molecule has 13 heteroatoms. The third-order valence-corrected chi connectivity index (χ3v) is 7.69. The van der Waals surface area contributed by atoms with Crippen molar-refractivity contribution < 1.29 is 28.4 Å². The molecule has 12 nitrogen and oxygen atoms in total. The van der Waals surface area contributed by atoms with E-state index in [0.29, 0.717) is 41.3 Å². The second-order valence-corrected chi connectivity index (χ2v) is 11.3. The third-order valence-electron chi connectivity index (χ3n) is 6.78. The van der Waals surface area contributed by atoms with Crippen LogP contribution in [0.5, 0.6) is 17.5 Å². The number of Topliss-reactive ketones (excluding diaryl/α,β-unsaturated/α-hetero) is 1. The van der Waals surface area contributed by atoms with Crippen LogP contribution in [0, 0.1) is 0 Å². The molecule has 0 atom stereocenters. The zero-order valence-electron chi connectivity index (χ0n) is 23.9. The summed E-state index contributed by atoms with van der Waals surface area (Å²) < 4.78 is 17.9. The van der Waals surface area contributed by atoms with Gasteiger partial charge in [0, 0.05) is 31.8 Å². The van der Waals surface area contributed by atoms with Crippen LogP contribution >= 0.6 is 11.8 Å². The number of aromatic nitrogens is 4. The molecule has 5 rings (SSSR count). The number of imide groups is 1. The second kappa shape index (κ2) is 12.7. The van der Waals surface area contributed by atoms with Gasteiger partial charge in [-0.1, -0.05) is 38.1 Å². The number of benzene rings is 1. The van der Waals surface area contributed by atoms with Gasteiger partial charge in [-0.2, -0.15) is 4.98 Å². The highest BCUT2D eigenvalue weighted by Gasteiger charge is 2.35. The van der Waals surface area contributed by atoms with Gasteiger partial charge in [-0.15, -0.1) is 0 Å². The molecular formula is C29H32N6O6S. The Kier molecular flexibility index (Phi) is 8.86. The topological polar surface area (TPSA) is 141 Å². The highest BCUT2D eigenvalue weighted by atomic mass is 32.2. The molecule has 2 fully saturated rings. The van der Waals surface area contributed by atoms with E-state index in [-0.39, 0.29) is 29.3 Å². The molecule has 42 heavy (non-hydrogen) atoms. The number of nitrogens with zero attached hydrogens (tertiary/aromatic N) is 6. The van der Waals surface area contributed by atoms with E-state index in [2.05, 4.69) is 25.0 Å². The zero-order valence-corrected chi connectivity index (χ0v) is 24.7. The predicted octanol–water partition coefficient (Wildman–Crippen LogP) is 5.01. The van der Waals surface area contributed by atoms with Crippen molar-refractivity contribution in [3.63, 3.8) is 0 Å². The van der Waals surface area contributed by atoms with E-state index in [9.17, 15) is 14.4 Å². The summed E-state index contributed by atoms with van der Waals surface area (Å²) in [6, 6.07) is 7.65. The Bertz CT molecular complexity index is 1510. The Balaban J connectivity index is 1.25. The molecule has 0 spiro atoms. The predicted molar refractivity (Wildman–Crippen MR) is 156 cm³/mol. The molecule has 2 aliphatic heterocycles. The molecule has 0 saturated carbocycles. The summed E-state index contributed by atoms with van der Waals surface area (Å²) in [6.07, 6.45) is 5.11. The normalized spacial score (nSPS) is 17.0. The average Bonchev–Trinajstić information content (AvgIpc) is 3.55. The molecule has 4 heterocycles. The van der Waals surface area contributed by atoms with Gasteiger partial charge in [0.05, 0.1) is 17.0 Å². The van der Waals surface area contributed by atoms with E-state index in [1.807, 2.05) is 20.8 Å². The van der Waals surface area contributed by atoms with Crippen LogP contribution in [0.1, 0.15) is 63.4 Å². The molecule has 0 radical (unpaired) electrons. The molecule has 0 aliphatic carbocycles. The Hall–Kier alpha value is -4.26. The first-order valence-corrected chi connectivity index (χ1v) is 14.6.